The first-order valence-corrected chi connectivity index (χ1v) is 6.67. The molecule has 5 nitrogen and oxygen atoms in total. The topological polar surface area (TPSA) is 82.7 Å². The molecular weight excluding hydrogens is 270 g/mol. The largest absolute Gasteiger partial charge is 0.507 e. The molecule has 112 valence electrons. The molecule has 0 radical (unpaired) electrons. The van der Waals surface area contributed by atoms with E-state index in [0.717, 1.165) is 0 Å². The van der Waals surface area contributed by atoms with Crippen LogP contribution in [0.15, 0.2) is 34.7 Å². The molecule has 1 heterocycles. The fraction of sp³-hybridized carbons (Fsp3) is 0.312. The van der Waals surface area contributed by atoms with E-state index in [-0.39, 0.29) is 17.9 Å². The van der Waals surface area contributed by atoms with Gasteiger partial charge in [-0.05, 0) is 44.5 Å². The number of furan rings is 1. The van der Waals surface area contributed by atoms with E-state index in [2.05, 4.69) is 5.32 Å². The molecule has 0 aliphatic rings. The Balaban J connectivity index is 2.09. The number of aromatic hydroxyl groups is 1. The fourth-order valence-electron chi connectivity index (χ4n) is 2.00. The van der Waals surface area contributed by atoms with Gasteiger partial charge in [0.25, 0.3) is 5.91 Å². The third-order valence-electron chi connectivity index (χ3n) is 3.35. The third kappa shape index (κ3) is 3.25. The van der Waals surface area contributed by atoms with E-state index in [0.29, 0.717) is 17.1 Å². The van der Waals surface area contributed by atoms with Crippen molar-refractivity contribution in [3.05, 3.63) is 53.0 Å². The summed E-state index contributed by atoms with van der Waals surface area (Å²) in [6.45, 7) is 5.03. The molecule has 3 N–H and O–H groups in total. The van der Waals surface area contributed by atoms with E-state index in [1.54, 1.807) is 45.0 Å². The summed E-state index contributed by atoms with van der Waals surface area (Å²) in [5, 5.41) is 22.8. The van der Waals surface area contributed by atoms with Crippen LogP contribution in [0.25, 0.3) is 0 Å². The number of carbonyl (C=O) groups is 1. The summed E-state index contributed by atoms with van der Waals surface area (Å²) in [4.78, 5) is 12.1. The minimum absolute atomic E-state index is 0.0217. The molecule has 1 unspecified atom stereocenters. The molecule has 1 atom stereocenters. The highest BCUT2D eigenvalue weighted by molar-refractivity contribution is 5.97. The summed E-state index contributed by atoms with van der Waals surface area (Å²) >= 11 is 0. The van der Waals surface area contributed by atoms with Gasteiger partial charge < -0.3 is 19.9 Å². The SMILES string of the molecule is Cc1ccc(C(C)(O)CNC(=O)c2cccc(C)c2O)o1. The van der Waals surface area contributed by atoms with Crippen LogP contribution in [0.4, 0.5) is 0 Å². The van der Waals surface area contributed by atoms with Crippen molar-refractivity contribution in [3.63, 3.8) is 0 Å². The molecular formula is C16H19NO4. The highest BCUT2D eigenvalue weighted by atomic mass is 16.4. The molecule has 0 bridgehead atoms. The Morgan fingerprint density at radius 2 is 2.00 bits per heavy atom. The lowest BCUT2D eigenvalue weighted by molar-refractivity contribution is 0.0323. The van der Waals surface area contributed by atoms with E-state index in [1.165, 1.54) is 6.07 Å². The number of aliphatic hydroxyl groups is 1. The molecule has 0 aliphatic heterocycles. The molecule has 0 aliphatic carbocycles. The van der Waals surface area contributed by atoms with Gasteiger partial charge in [0.2, 0.25) is 0 Å². The first kappa shape index (κ1) is 15.1. The zero-order chi connectivity index (χ0) is 15.6. The summed E-state index contributed by atoms with van der Waals surface area (Å²) in [7, 11) is 0. The van der Waals surface area contributed by atoms with Crippen molar-refractivity contribution in [1.29, 1.82) is 0 Å². The zero-order valence-corrected chi connectivity index (χ0v) is 12.3. The van der Waals surface area contributed by atoms with Crippen molar-refractivity contribution in [2.45, 2.75) is 26.4 Å². The molecule has 0 fully saturated rings. The van der Waals surface area contributed by atoms with Gasteiger partial charge in [-0.25, -0.2) is 0 Å². The number of aryl methyl sites for hydroxylation is 2. The van der Waals surface area contributed by atoms with Crippen LogP contribution < -0.4 is 5.32 Å². The molecule has 1 amide bonds. The summed E-state index contributed by atoms with van der Waals surface area (Å²) in [5.74, 6) is 0.574. The number of hydrogen-bond donors (Lipinski definition) is 3. The highest BCUT2D eigenvalue weighted by Gasteiger charge is 2.28. The van der Waals surface area contributed by atoms with Crippen LogP contribution in [0.1, 0.15) is 34.4 Å². The lowest BCUT2D eigenvalue weighted by Crippen LogP contribution is -2.38. The van der Waals surface area contributed by atoms with Crippen LogP contribution in [0.2, 0.25) is 0 Å². The van der Waals surface area contributed by atoms with Crippen LogP contribution in [0.3, 0.4) is 0 Å². The lowest BCUT2D eigenvalue weighted by Gasteiger charge is -2.21. The van der Waals surface area contributed by atoms with E-state index in [9.17, 15) is 15.0 Å². The number of phenolic OH excluding ortho intramolecular Hbond substituents is 1. The monoisotopic (exact) mass is 289 g/mol. The van der Waals surface area contributed by atoms with Gasteiger partial charge in [-0.15, -0.1) is 0 Å². The summed E-state index contributed by atoms with van der Waals surface area (Å²) in [5.41, 5.74) is -0.513. The van der Waals surface area contributed by atoms with Gasteiger partial charge >= 0.3 is 0 Å². The molecule has 2 aromatic rings. The van der Waals surface area contributed by atoms with E-state index in [4.69, 9.17) is 4.42 Å². The van der Waals surface area contributed by atoms with Crippen molar-refractivity contribution in [2.75, 3.05) is 6.54 Å². The van der Waals surface area contributed by atoms with Crippen LogP contribution in [-0.4, -0.2) is 22.7 Å². The molecule has 21 heavy (non-hydrogen) atoms. The van der Waals surface area contributed by atoms with Gasteiger partial charge in [0.05, 0.1) is 12.1 Å². The van der Waals surface area contributed by atoms with Gasteiger partial charge in [0, 0.05) is 0 Å². The molecule has 2 rings (SSSR count). The first-order valence-electron chi connectivity index (χ1n) is 6.67. The van der Waals surface area contributed by atoms with Crippen molar-refractivity contribution in [1.82, 2.24) is 5.32 Å². The minimum atomic E-state index is -1.32. The van der Waals surface area contributed by atoms with Gasteiger partial charge in [0.15, 0.2) is 0 Å². The summed E-state index contributed by atoms with van der Waals surface area (Å²) in [6, 6.07) is 8.36. The summed E-state index contributed by atoms with van der Waals surface area (Å²) < 4.78 is 5.38. The Hall–Kier alpha value is -2.27. The van der Waals surface area contributed by atoms with Crippen molar-refractivity contribution in [2.24, 2.45) is 0 Å². The quantitative estimate of drug-likeness (QED) is 0.806. The lowest BCUT2D eigenvalue weighted by atomic mass is 10.0. The van der Waals surface area contributed by atoms with Gasteiger partial charge in [0.1, 0.15) is 22.9 Å². The number of hydrogen-bond acceptors (Lipinski definition) is 4. The van der Waals surface area contributed by atoms with Crippen LogP contribution in [-0.2, 0) is 5.60 Å². The highest BCUT2D eigenvalue weighted by Crippen LogP contribution is 2.24. The Labute approximate surface area is 123 Å². The number of nitrogens with one attached hydrogen (secondary N) is 1. The molecule has 1 aromatic carbocycles. The smallest absolute Gasteiger partial charge is 0.255 e. The molecule has 0 saturated carbocycles. The summed E-state index contributed by atoms with van der Waals surface area (Å²) in [6.07, 6.45) is 0. The number of amides is 1. The maximum atomic E-state index is 12.1. The Kier molecular flexibility index (Phi) is 4.04. The number of para-hydroxylation sites is 1. The van der Waals surface area contributed by atoms with Crippen LogP contribution in [0.5, 0.6) is 5.75 Å². The van der Waals surface area contributed by atoms with E-state index < -0.39 is 11.5 Å². The second-order valence-corrected chi connectivity index (χ2v) is 5.34. The van der Waals surface area contributed by atoms with Crippen LogP contribution in [0, 0.1) is 13.8 Å². The van der Waals surface area contributed by atoms with Crippen molar-refractivity contribution >= 4 is 5.91 Å². The normalized spacial score (nSPS) is 13.7. The predicted molar refractivity (Wildman–Crippen MR) is 78.2 cm³/mol. The first-order chi connectivity index (χ1) is 9.81. The number of rotatable bonds is 4. The molecule has 0 spiro atoms. The Morgan fingerprint density at radius 3 is 2.62 bits per heavy atom. The third-order valence-corrected chi connectivity index (χ3v) is 3.35. The van der Waals surface area contributed by atoms with Crippen molar-refractivity contribution in [3.8, 4) is 5.75 Å². The van der Waals surface area contributed by atoms with Gasteiger partial charge in [-0.3, -0.25) is 4.79 Å². The standard InChI is InChI=1S/C16H19NO4/c1-10-5-4-6-12(14(10)18)15(19)17-9-16(3,20)13-8-7-11(2)21-13/h4-8,18,20H,9H2,1-3H3,(H,17,19). The average molecular weight is 289 g/mol. The molecule has 5 heteroatoms. The number of phenols is 1. The maximum Gasteiger partial charge on any atom is 0.255 e. The maximum absolute atomic E-state index is 12.1. The average Bonchev–Trinajstić information content (AvgIpc) is 2.87. The number of benzene rings is 1. The predicted octanol–water partition coefficient (Wildman–Crippen LogP) is 2.24. The van der Waals surface area contributed by atoms with E-state index >= 15 is 0 Å². The Bertz CT molecular complexity index is 658. The zero-order valence-electron chi connectivity index (χ0n) is 12.3. The minimum Gasteiger partial charge on any atom is -0.507 e. The second kappa shape index (κ2) is 5.61. The fourth-order valence-corrected chi connectivity index (χ4v) is 2.00. The van der Waals surface area contributed by atoms with Crippen molar-refractivity contribution < 1.29 is 19.4 Å². The molecule has 1 aromatic heterocycles. The van der Waals surface area contributed by atoms with Crippen LogP contribution >= 0.6 is 0 Å². The van der Waals surface area contributed by atoms with E-state index in [1.807, 2.05) is 0 Å². The Morgan fingerprint density at radius 1 is 1.29 bits per heavy atom. The molecule has 0 saturated heterocycles. The number of carbonyl (C=O) groups excluding carboxylic acids is 1. The van der Waals surface area contributed by atoms with Gasteiger partial charge in [-0.1, -0.05) is 12.1 Å². The second-order valence-electron chi connectivity index (χ2n) is 5.34. The van der Waals surface area contributed by atoms with Gasteiger partial charge in [-0.2, -0.15) is 0 Å².